The first-order valence-electron chi connectivity index (χ1n) is 9.05. The summed E-state index contributed by atoms with van der Waals surface area (Å²) in [6.45, 7) is 1.55. The molecule has 2 aromatic carbocycles. The van der Waals surface area contributed by atoms with Crippen molar-refractivity contribution in [2.75, 3.05) is 18.9 Å². The van der Waals surface area contributed by atoms with Crippen molar-refractivity contribution in [2.45, 2.75) is 13.0 Å². The van der Waals surface area contributed by atoms with Crippen molar-refractivity contribution in [1.29, 1.82) is 0 Å². The molecule has 0 saturated carbocycles. The Kier molecular flexibility index (Phi) is 6.13. The number of nitrogens with one attached hydrogen (secondary N) is 2. The van der Waals surface area contributed by atoms with Crippen molar-refractivity contribution in [3.8, 4) is 0 Å². The number of benzene rings is 2. The number of urea groups is 1. The molecule has 2 amide bonds. The van der Waals surface area contributed by atoms with Crippen molar-refractivity contribution in [1.82, 2.24) is 10.6 Å². The van der Waals surface area contributed by atoms with Crippen LogP contribution in [0.2, 0.25) is 0 Å². The fraction of sp³-hybridized carbons (Fsp3) is 0.190. The molecule has 150 valence electrons. The number of nitrogen functional groups attached to an aromatic ring is 1. The van der Waals surface area contributed by atoms with Gasteiger partial charge in [-0.15, -0.1) is 0 Å². The van der Waals surface area contributed by atoms with E-state index in [9.17, 15) is 14.4 Å². The van der Waals surface area contributed by atoms with Gasteiger partial charge in [0.05, 0.1) is 29.5 Å². The molecule has 1 aliphatic rings. The van der Waals surface area contributed by atoms with Crippen LogP contribution in [0.3, 0.4) is 0 Å². The van der Waals surface area contributed by atoms with Crippen molar-refractivity contribution in [3.05, 3.63) is 77.0 Å². The first-order valence-corrected chi connectivity index (χ1v) is 9.05. The van der Waals surface area contributed by atoms with Gasteiger partial charge in [-0.3, -0.25) is 0 Å². The number of hydrogen-bond acceptors (Lipinski definition) is 6. The summed E-state index contributed by atoms with van der Waals surface area (Å²) in [6.07, 6.45) is 0. The van der Waals surface area contributed by atoms with Gasteiger partial charge < -0.3 is 25.8 Å². The highest BCUT2D eigenvalue weighted by molar-refractivity contribution is 5.95. The largest absolute Gasteiger partial charge is 0.463 e. The molecular weight excluding hydrogens is 374 g/mol. The van der Waals surface area contributed by atoms with E-state index in [1.807, 2.05) is 6.07 Å². The molecule has 0 fully saturated rings. The Bertz CT molecular complexity index is 939. The normalized spacial score (nSPS) is 15.9. The Balaban J connectivity index is 1.89. The lowest BCUT2D eigenvalue weighted by Gasteiger charge is -2.29. The summed E-state index contributed by atoms with van der Waals surface area (Å²) in [7, 11) is 0. The highest BCUT2D eigenvalue weighted by Crippen LogP contribution is 2.28. The minimum absolute atomic E-state index is 0.163. The number of rotatable bonds is 6. The molecule has 1 heterocycles. The molecule has 0 unspecified atom stereocenters. The summed E-state index contributed by atoms with van der Waals surface area (Å²) >= 11 is 0. The van der Waals surface area contributed by atoms with Crippen LogP contribution in [0, 0.1) is 0 Å². The van der Waals surface area contributed by atoms with Crippen LogP contribution in [0.1, 0.15) is 28.9 Å². The summed E-state index contributed by atoms with van der Waals surface area (Å²) in [4.78, 5) is 37.1. The number of anilines is 1. The van der Waals surface area contributed by atoms with Crippen molar-refractivity contribution < 1.29 is 23.9 Å². The van der Waals surface area contributed by atoms with Crippen LogP contribution in [0.15, 0.2) is 65.9 Å². The lowest BCUT2D eigenvalue weighted by Crippen LogP contribution is -2.47. The maximum atomic E-state index is 12.6. The molecule has 1 aliphatic heterocycles. The van der Waals surface area contributed by atoms with Gasteiger partial charge in [-0.25, -0.2) is 14.4 Å². The third kappa shape index (κ3) is 4.73. The monoisotopic (exact) mass is 395 g/mol. The van der Waals surface area contributed by atoms with Crippen LogP contribution in [0.5, 0.6) is 0 Å². The maximum Gasteiger partial charge on any atom is 0.338 e. The molecule has 0 bridgehead atoms. The van der Waals surface area contributed by atoms with E-state index in [0.717, 1.165) is 0 Å². The highest BCUT2D eigenvalue weighted by atomic mass is 16.5. The van der Waals surface area contributed by atoms with Crippen molar-refractivity contribution in [3.63, 3.8) is 0 Å². The van der Waals surface area contributed by atoms with E-state index in [4.69, 9.17) is 15.2 Å². The van der Waals surface area contributed by atoms with Crippen molar-refractivity contribution >= 4 is 23.7 Å². The highest BCUT2D eigenvalue weighted by Gasteiger charge is 2.34. The first kappa shape index (κ1) is 19.9. The third-order valence-electron chi connectivity index (χ3n) is 4.28. The number of hydrogen-bond donors (Lipinski definition) is 3. The van der Waals surface area contributed by atoms with Gasteiger partial charge in [0, 0.05) is 5.69 Å². The van der Waals surface area contributed by atoms with Gasteiger partial charge >= 0.3 is 18.0 Å². The second-order valence-corrected chi connectivity index (χ2v) is 6.25. The zero-order valence-corrected chi connectivity index (χ0v) is 15.8. The topological polar surface area (TPSA) is 120 Å². The Morgan fingerprint density at radius 1 is 1.00 bits per heavy atom. The minimum atomic E-state index is -0.728. The molecule has 3 rings (SSSR count). The summed E-state index contributed by atoms with van der Waals surface area (Å²) in [5.41, 5.74) is 7.50. The third-order valence-corrected chi connectivity index (χ3v) is 4.28. The molecule has 8 nitrogen and oxygen atoms in total. The van der Waals surface area contributed by atoms with E-state index >= 15 is 0 Å². The van der Waals surface area contributed by atoms with E-state index in [1.54, 1.807) is 43.3 Å². The number of carbonyl (C=O) groups excluding carboxylic acids is 3. The molecule has 29 heavy (non-hydrogen) atoms. The minimum Gasteiger partial charge on any atom is -0.463 e. The Morgan fingerprint density at radius 2 is 1.69 bits per heavy atom. The molecule has 1 atom stereocenters. The predicted molar refractivity (Wildman–Crippen MR) is 106 cm³/mol. The first-order chi connectivity index (χ1) is 14.0. The van der Waals surface area contributed by atoms with Crippen LogP contribution in [-0.2, 0) is 14.3 Å². The zero-order valence-electron chi connectivity index (χ0n) is 15.8. The van der Waals surface area contributed by atoms with Gasteiger partial charge in [0.2, 0.25) is 0 Å². The van der Waals surface area contributed by atoms with E-state index in [0.29, 0.717) is 16.8 Å². The van der Waals surface area contributed by atoms with Crippen LogP contribution < -0.4 is 16.4 Å². The maximum absolute atomic E-state index is 12.6. The average Bonchev–Trinajstić information content (AvgIpc) is 2.72. The van der Waals surface area contributed by atoms with Gasteiger partial charge in [-0.2, -0.15) is 0 Å². The average molecular weight is 395 g/mol. The molecule has 0 aromatic heterocycles. The van der Waals surface area contributed by atoms with Gasteiger partial charge in [0.15, 0.2) is 0 Å². The van der Waals surface area contributed by atoms with E-state index in [2.05, 4.69) is 10.6 Å². The van der Waals surface area contributed by atoms with Crippen LogP contribution in [0.4, 0.5) is 10.5 Å². The Morgan fingerprint density at radius 3 is 2.34 bits per heavy atom. The summed E-state index contributed by atoms with van der Waals surface area (Å²) in [6, 6.07) is 14.0. The molecule has 0 saturated heterocycles. The second-order valence-electron chi connectivity index (χ2n) is 6.25. The second kappa shape index (κ2) is 8.92. The lowest BCUT2D eigenvalue weighted by atomic mass is 9.95. The molecule has 0 radical (unpaired) electrons. The smallest absolute Gasteiger partial charge is 0.338 e. The molecule has 0 aliphatic carbocycles. The number of nitrogens with two attached hydrogens (primary N) is 1. The van der Waals surface area contributed by atoms with Crippen LogP contribution in [-0.4, -0.2) is 31.2 Å². The molecule has 2 aromatic rings. The van der Waals surface area contributed by atoms with Gasteiger partial charge in [0.1, 0.15) is 6.61 Å². The van der Waals surface area contributed by atoms with Crippen LogP contribution >= 0.6 is 0 Å². The number of carbonyl (C=O) groups is 3. The Labute approximate surface area is 167 Å². The van der Waals surface area contributed by atoms with E-state index < -0.39 is 24.0 Å². The van der Waals surface area contributed by atoms with Crippen LogP contribution in [0.25, 0.3) is 0 Å². The van der Waals surface area contributed by atoms with Gasteiger partial charge in [-0.05, 0) is 36.8 Å². The molecule has 8 heteroatoms. The fourth-order valence-electron chi connectivity index (χ4n) is 2.92. The number of ether oxygens (including phenoxy) is 2. The molecule has 4 N–H and O–H groups in total. The molecule has 0 spiro atoms. The lowest BCUT2D eigenvalue weighted by molar-refractivity contribution is -0.139. The summed E-state index contributed by atoms with van der Waals surface area (Å²) < 4.78 is 10.5. The molecular formula is C21H21N3O5. The standard InChI is InChI=1S/C21H21N3O5/c1-2-28-20(26)17-16(12-29-19(25)14-8-10-15(22)11-9-14)23-21(27)24-18(17)13-6-4-3-5-7-13/h3-11,18H,2,12,22H2,1H3,(H2,23,24,27)/t18-/m0/s1. The van der Waals surface area contributed by atoms with E-state index in [-0.39, 0.29) is 24.5 Å². The summed E-state index contributed by atoms with van der Waals surface area (Å²) in [5.74, 6) is -1.21. The summed E-state index contributed by atoms with van der Waals surface area (Å²) in [5, 5.41) is 5.27. The Hall–Kier alpha value is -3.81. The van der Waals surface area contributed by atoms with E-state index in [1.165, 1.54) is 12.1 Å². The van der Waals surface area contributed by atoms with Gasteiger partial charge in [-0.1, -0.05) is 30.3 Å². The number of esters is 2. The van der Waals surface area contributed by atoms with Crippen molar-refractivity contribution in [2.24, 2.45) is 0 Å². The predicted octanol–water partition coefficient (Wildman–Crippen LogP) is 2.30. The fourth-order valence-corrected chi connectivity index (χ4v) is 2.92. The quantitative estimate of drug-likeness (QED) is 0.510. The van der Waals surface area contributed by atoms with Gasteiger partial charge in [0.25, 0.3) is 0 Å². The zero-order chi connectivity index (χ0) is 20.8. The number of amides is 2. The SMILES string of the molecule is CCOC(=O)C1=C(COC(=O)c2ccc(N)cc2)NC(=O)N[C@H]1c1ccccc1.